The van der Waals surface area contributed by atoms with E-state index in [0.29, 0.717) is 67.3 Å². The predicted molar refractivity (Wildman–Crippen MR) is 192 cm³/mol. The molecule has 10 nitrogen and oxygen atoms in total. The van der Waals surface area contributed by atoms with Gasteiger partial charge in [-0.05, 0) is 73.6 Å². The van der Waals surface area contributed by atoms with Crippen molar-refractivity contribution in [1.82, 2.24) is 24.9 Å². The van der Waals surface area contributed by atoms with Crippen molar-refractivity contribution >= 4 is 23.5 Å². The first kappa shape index (κ1) is 35.3. The minimum absolute atomic E-state index is 0.130. The highest BCUT2D eigenvalue weighted by molar-refractivity contribution is 6.00. The van der Waals surface area contributed by atoms with Crippen molar-refractivity contribution < 1.29 is 19.5 Å². The fraction of sp³-hybridized carbons (Fsp3) is 0.385. The van der Waals surface area contributed by atoms with Crippen molar-refractivity contribution in [3.05, 3.63) is 113 Å². The van der Waals surface area contributed by atoms with Gasteiger partial charge in [0.1, 0.15) is 0 Å². The molecule has 4 amide bonds. The summed E-state index contributed by atoms with van der Waals surface area (Å²) in [4.78, 5) is 44.6. The molecule has 0 aliphatic carbocycles. The summed E-state index contributed by atoms with van der Waals surface area (Å²) in [7, 11) is 0. The number of aliphatic hydroxyl groups excluding tert-OH is 1. The van der Waals surface area contributed by atoms with Crippen LogP contribution in [0.3, 0.4) is 0 Å². The van der Waals surface area contributed by atoms with Crippen molar-refractivity contribution in [3.63, 3.8) is 0 Å². The molecule has 0 fully saturated rings. The van der Waals surface area contributed by atoms with E-state index in [4.69, 9.17) is 5.10 Å². The first-order chi connectivity index (χ1) is 23.8. The fourth-order valence-electron chi connectivity index (χ4n) is 6.25. The van der Waals surface area contributed by atoms with Crippen LogP contribution in [0.1, 0.15) is 82.8 Å². The number of aryl methyl sites for hydroxylation is 1. The molecular weight excluding hydrogens is 616 g/mol. The lowest BCUT2D eigenvalue weighted by Crippen LogP contribution is -2.46. The number of amides is 4. The molecular formula is C39H48N6O4. The lowest BCUT2D eigenvalue weighted by molar-refractivity contribution is 0.0544. The number of aromatic nitrogens is 2. The van der Waals surface area contributed by atoms with E-state index in [2.05, 4.69) is 24.5 Å². The highest BCUT2D eigenvalue weighted by atomic mass is 16.3. The summed E-state index contributed by atoms with van der Waals surface area (Å²) in [5.41, 5.74) is 5.50. The molecule has 3 aromatic carbocycles. The molecule has 1 atom stereocenters. The zero-order chi connectivity index (χ0) is 34.8. The van der Waals surface area contributed by atoms with Gasteiger partial charge in [0.15, 0.2) is 5.69 Å². The van der Waals surface area contributed by atoms with Gasteiger partial charge in [0, 0.05) is 37.6 Å². The number of unbranched alkanes of at least 4 members (excludes halogenated alkanes) is 2. The molecule has 10 heteroatoms. The van der Waals surface area contributed by atoms with Gasteiger partial charge in [-0.3, -0.25) is 9.59 Å². The van der Waals surface area contributed by atoms with Crippen molar-refractivity contribution in [3.8, 4) is 5.69 Å². The maximum absolute atomic E-state index is 14.5. The van der Waals surface area contributed by atoms with Gasteiger partial charge in [0.25, 0.3) is 11.8 Å². The van der Waals surface area contributed by atoms with Crippen LogP contribution < -0.4 is 10.6 Å². The Hall–Kier alpha value is -4.96. The number of fused-ring (bicyclic) bond motifs is 1. The number of carbonyl (C=O) groups is 3. The number of aliphatic hydroxyl groups is 1. The second-order valence-corrected chi connectivity index (χ2v) is 12.7. The monoisotopic (exact) mass is 664 g/mol. The Morgan fingerprint density at radius 2 is 1.61 bits per heavy atom. The number of hydrogen-bond acceptors (Lipinski definition) is 5. The van der Waals surface area contributed by atoms with Crippen molar-refractivity contribution in [2.45, 2.75) is 71.9 Å². The van der Waals surface area contributed by atoms with Crippen LogP contribution >= 0.6 is 0 Å². The smallest absolute Gasteiger partial charge is 0.319 e. The third-order valence-electron chi connectivity index (χ3n) is 9.04. The van der Waals surface area contributed by atoms with Gasteiger partial charge in [-0.15, -0.1) is 0 Å². The van der Waals surface area contributed by atoms with Crippen LogP contribution in [0.4, 0.5) is 10.5 Å². The number of anilines is 1. The minimum atomic E-state index is -0.422. The van der Waals surface area contributed by atoms with Crippen LogP contribution in [0.15, 0.2) is 78.9 Å². The molecule has 0 bridgehead atoms. The summed E-state index contributed by atoms with van der Waals surface area (Å²) in [6, 6.07) is 23.9. The third kappa shape index (κ3) is 8.75. The molecule has 2 heterocycles. The van der Waals surface area contributed by atoms with Crippen LogP contribution in [0.2, 0.25) is 0 Å². The van der Waals surface area contributed by atoms with Crippen LogP contribution in [0.25, 0.3) is 5.69 Å². The van der Waals surface area contributed by atoms with E-state index >= 15 is 0 Å². The van der Waals surface area contributed by atoms with Crippen LogP contribution in [-0.4, -0.2) is 74.8 Å². The Bertz CT molecular complexity index is 1730. The van der Waals surface area contributed by atoms with Gasteiger partial charge in [-0.25, -0.2) is 9.48 Å². The Morgan fingerprint density at radius 1 is 0.918 bits per heavy atom. The lowest BCUT2D eigenvalue weighted by atomic mass is 9.93. The molecule has 4 aromatic rings. The quantitative estimate of drug-likeness (QED) is 0.150. The summed E-state index contributed by atoms with van der Waals surface area (Å²) in [6.45, 7) is 7.99. The molecule has 1 aromatic heterocycles. The molecule has 1 unspecified atom stereocenters. The standard InChI is InChI=1S/C39H48N6O4/c1-4-6-21-43(22-7-5-2)38(48)35-23-28(3)45(42-35)36-18-17-32(41-39(49)40-20-19-29-13-9-8-10-14-29)25-34(36)37(47)44-26-31-16-12-11-15-30(31)24-33(44)27-46/h8-18,23,25,33,46H,4-7,19-22,24,26-27H2,1-3H3,(H2,40,41,49). The van der Waals surface area contributed by atoms with Crippen molar-refractivity contribution in [2.75, 3.05) is 31.6 Å². The molecule has 0 spiro atoms. The van der Waals surface area contributed by atoms with Crippen LogP contribution in [0.5, 0.6) is 0 Å². The van der Waals surface area contributed by atoms with E-state index in [1.54, 1.807) is 33.8 Å². The first-order valence-corrected chi connectivity index (χ1v) is 17.4. The number of urea groups is 1. The molecule has 1 aliphatic rings. The van der Waals surface area contributed by atoms with E-state index in [1.165, 1.54) is 0 Å². The van der Waals surface area contributed by atoms with Gasteiger partial charge >= 0.3 is 6.03 Å². The van der Waals surface area contributed by atoms with E-state index in [0.717, 1.165) is 42.4 Å². The largest absolute Gasteiger partial charge is 0.394 e. The summed E-state index contributed by atoms with van der Waals surface area (Å²) in [5.74, 6) is -0.429. The average Bonchev–Trinajstić information content (AvgIpc) is 3.52. The van der Waals surface area contributed by atoms with Gasteiger partial charge in [0.2, 0.25) is 0 Å². The average molecular weight is 665 g/mol. The Labute approximate surface area is 289 Å². The second-order valence-electron chi connectivity index (χ2n) is 12.7. The third-order valence-corrected chi connectivity index (χ3v) is 9.04. The summed E-state index contributed by atoms with van der Waals surface area (Å²) in [5, 5.41) is 20.9. The Balaban J connectivity index is 1.45. The molecule has 0 saturated heterocycles. The predicted octanol–water partition coefficient (Wildman–Crippen LogP) is 6.15. The Morgan fingerprint density at radius 3 is 2.31 bits per heavy atom. The van der Waals surface area contributed by atoms with Crippen LogP contribution in [0, 0.1) is 6.92 Å². The topological polar surface area (TPSA) is 120 Å². The second kappa shape index (κ2) is 16.9. The van der Waals surface area contributed by atoms with E-state index in [1.807, 2.05) is 66.4 Å². The molecule has 3 N–H and O–H groups in total. The molecule has 0 radical (unpaired) electrons. The highest BCUT2D eigenvalue weighted by Gasteiger charge is 2.32. The number of hydrogen-bond donors (Lipinski definition) is 3. The van der Waals surface area contributed by atoms with E-state index in [-0.39, 0.29) is 24.5 Å². The summed E-state index contributed by atoms with van der Waals surface area (Å²) < 4.78 is 1.63. The van der Waals surface area contributed by atoms with Crippen molar-refractivity contribution in [2.24, 2.45) is 0 Å². The normalized spacial score (nSPS) is 13.9. The van der Waals surface area contributed by atoms with Gasteiger partial charge < -0.3 is 25.5 Å². The lowest BCUT2D eigenvalue weighted by Gasteiger charge is -2.36. The fourth-order valence-corrected chi connectivity index (χ4v) is 6.25. The molecule has 1 aliphatic heterocycles. The minimum Gasteiger partial charge on any atom is -0.394 e. The van der Waals surface area contributed by atoms with Crippen molar-refractivity contribution in [1.29, 1.82) is 0 Å². The van der Waals surface area contributed by atoms with Gasteiger partial charge in [-0.1, -0.05) is 81.3 Å². The summed E-state index contributed by atoms with van der Waals surface area (Å²) in [6.07, 6.45) is 5.00. The van der Waals surface area contributed by atoms with Gasteiger partial charge in [-0.2, -0.15) is 5.10 Å². The highest BCUT2D eigenvalue weighted by Crippen LogP contribution is 2.29. The zero-order valence-corrected chi connectivity index (χ0v) is 28.8. The first-order valence-electron chi connectivity index (χ1n) is 17.4. The maximum Gasteiger partial charge on any atom is 0.319 e. The van der Waals surface area contributed by atoms with E-state index < -0.39 is 6.04 Å². The Kier molecular flexibility index (Phi) is 12.2. The number of benzene rings is 3. The summed E-state index contributed by atoms with van der Waals surface area (Å²) >= 11 is 0. The SMILES string of the molecule is CCCCN(CCCC)C(=O)c1cc(C)n(-c2ccc(NC(=O)NCCc3ccccc3)cc2C(=O)N2Cc3ccccc3CC2CO)n1. The van der Waals surface area contributed by atoms with Gasteiger partial charge in [0.05, 0.1) is 23.9 Å². The zero-order valence-electron chi connectivity index (χ0n) is 28.8. The number of nitrogens with zero attached hydrogens (tertiary/aromatic N) is 4. The molecule has 5 rings (SSSR count). The molecule has 49 heavy (non-hydrogen) atoms. The van der Waals surface area contributed by atoms with E-state index in [9.17, 15) is 19.5 Å². The number of rotatable bonds is 14. The maximum atomic E-state index is 14.5. The molecule has 258 valence electrons. The van der Waals surface area contributed by atoms with Crippen LogP contribution in [-0.2, 0) is 19.4 Å². The number of nitrogens with one attached hydrogen (secondary N) is 2. The molecule has 0 saturated carbocycles. The number of carbonyl (C=O) groups excluding carboxylic acids is 3.